The van der Waals surface area contributed by atoms with E-state index in [9.17, 15) is 22.8 Å². The van der Waals surface area contributed by atoms with Crippen molar-refractivity contribution in [1.29, 1.82) is 0 Å². The fourth-order valence-electron chi connectivity index (χ4n) is 5.44. The van der Waals surface area contributed by atoms with Crippen molar-refractivity contribution < 1.29 is 27.5 Å². The summed E-state index contributed by atoms with van der Waals surface area (Å²) in [5.74, 6) is -0.367. The van der Waals surface area contributed by atoms with Crippen LogP contribution in [0.15, 0.2) is 24.4 Å². The van der Waals surface area contributed by atoms with Gasteiger partial charge in [-0.2, -0.15) is 0 Å². The normalized spacial score (nSPS) is 17.0. The molecule has 2 aliphatic rings. The van der Waals surface area contributed by atoms with Gasteiger partial charge in [-0.05, 0) is 74.8 Å². The van der Waals surface area contributed by atoms with Gasteiger partial charge in [0.25, 0.3) is 5.91 Å². The maximum absolute atomic E-state index is 13.3. The molecule has 9 nitrogen and oxygen atoms in total. The van der Waals surface area contributed by atoms with E-state index < -0.39 is 6.36 Å². The highest BCUT2D eigenvalue weighted by molar-refractivity contribution is 6.04. The van der Waals surface area contributed by atoms with Crippen molar-refractivity contribution in [2.24, 2.45) is 5.92 Å². The van der Waals surface area contributed by atoms with Gasteiger partial charge in [0.15, 0.2) is 11.5 Å². The molecule has 2 amide bonds. The van der Waals surface area contributed by atoms with Crippen LogP contribution in [-0.2, 0) is 11.3 Å². The molecule has 0 bridgehead atoms. The summed E-state index contributed by atoms with van der Waals surface area (Å²) in [6.07, 6.45) is 4.39. The summed E-state index contributed by atoms with van der Waals surface area (Å²) in [5, 5.41) is 7.23. The fraction of sp³-hybridized carbons (Fsp3) is 0.500. The lowest BCUT2D eigenvalue weighted by Crippen LogP contribution is -2.36. The molecule has 3 N–H and O–H groups in total. The van der Waals surface area contributed by atoms with Crippen LogP contribution >= 0.6 is 0 Å². The molecule has 0 aliphatic heterocycles. The molecule has 1 unspecified atom stereocenters. The van der Waals surface area contributed by atoms with Gasteiger partial charge < -0.3 is 20.7 Å². The van der Waals surface area contributed by atoms with Crippen LogP contribution in [0.1, 0.15) is 73.4 Å². The molecule has 5 rings (SSSR count). The summed E-state index contributed by atoms with van der Waals surface area (Å²) in [6, 6.07) is 4.55. The lowest BCUT2D eigenvalue weighted by atomic mass is 9.95. The van der Waals surface area contributed by atoms with Crippen LogP contribution in [0, 0.1) is 12.8 Å². The lowest BCUT2D eigenvalue weighted by molar-refractivity contribution is -0.274. The molecule has 2 saturated carbocycles. The highest BCUT2D eigenvalue weighted by Gasteiger charge is 2.34. The quantitative estimate of drug-likeness (QED) is 0.357. The predicted molar refractivity (Wildman–Crippen MR) is 142 cm³/mol. The first-order valence-electron chi connectivity index (χ1n) is 13.6. The second-order valence-electron chi connectivity index (χ2n) is 10.8. The Hall–Kier alpha value is -3.83. The number of alkyl halides is 3. The first-order chi connectivity index (χ1) is 19.0. The number of carbonyl (C=O) groups excluding carboxylic acids is 2. The van der Waals surface area contributed by atoms with Crippen molar-refractivity contribution in [3.8, 4) is 17.0 Å². The first-order valence-corrected chi connectivity index (χ1v) is 13.6. The van der Waals surface area contributed by atoms with Crippen molar-refractivity contribution in [3.05, 3.63) is 41.1 Å². The number of hydrogen-bond donors (Lipinski definition) is 2. The molecule has 0 spiro atoms. The Morgan fingerprint density at radius 2 is 1.98 bits per heavy atom. The van der Waals surface area contributed by atoms with Gasteiger partial charge in [-0.25, -0.2) is 9.50 Å². The maximum Gasteiger partial charge on any atom is 0.573 e. The standard InChI is InChI=1S/C28H33F3N6O3/c1-16-20(14-36(15-38)17(2)18-8-9-18)12-19(13-23(16)40-28(29,30)31)22-10-11-37-26(34-22)24(25(32)35-37)27(39)33-21-6-4-3-5-7-21/h10-13,15,17-18,21H,3-9,14H2,1-2H3,(H2,32,35)(H,33,39). The Balaban J connectivity index is 1.53. The van der Waals surface area contributed by atoms with Crippen LogP contribution in [0.25, 0.3) is 16.9 Å². The van der Waals surface area contributed by atoms with E-state index in [2.05, 4.69) is 20.1 Å². The molecule has 0 saturated heterocycles. The van der Waals surface area contributed by atoms with E-state index in [0.29, 0.717) is 22.7 Å². The van der Waals surface area contributed by atoms with Crippen molar-refractivity contribution in [2.45, 2.75) is 83.8 Å². The van der Waals surface area contributed by atoms with Crippen LogP contribution in [0.3, 0.4) is 0 Å². The summed E-state index contributed by atoms with van der Waals surface area (Å²) in [5.41, 5.74) is 7.84. The molecule has 2 aromatic heterocycles. The third-order valence-electron chi connectivity index (χ3n) is 7.98. The zero-order chi connectivity index (χ0) is 28.6. The topological polar surface area (TPSA) is 115 Å². The summed E-state index contributed by atoms with van der Waals surface area (Å²) in [7, 11) is 0. The minimum atomic E-state index is -4.91. The minimum absolute atomic E-state index is 0.0133. The Bertz CT molecular complexity index is 1410. The van der Waals surface area contributed by atoms with E-state index in [1.165, 1.54) is 17.5 Å². The Morgan fingerprint density at radius 1 is 1.25 bits per heavy atom. The van der Waals surface area contributed by atoms with Crippen LogP contribution in [0.2, 0.25) is 0 Å². The van der Waals surface area contributed by atoms with Gasteiger partial charge in [-0.1, -0.05) is 19.3 Å². The summed E-state index contributed by atoms with van der Waals surface area (Å²) >= 11 is 0. The average molecular weight is 559 g/mol. The summed E-state index contributed by atoms with van der Waals surface area (Å²) in [4.78, 5) is 31.3. The van der Waals surface area contributed by atoms with Crippen LogP contribution < -0.4 is 15.8 Å². The molecule has 214 valence electrons. The second-order valence-corrected chi connectivity index (χ2v) is 10.8. The van der Waals surface area contributed by atoms with Gasteiger partial charge in [0.2, 0.25) is 6.41 Å². The van der Waals surface area contributed by atoms with Crippen molar-refractivity contribution in [2.75, 3.05) is 5.73 Å². The Morgan fingerprint density at radius 3 is 2.62 bits per heavy atom. The van der Waals surface area contributed by atoms with E-state index in [4.69, 9.17) is 5.73 Å². The van der Waals surface area contributed by atoms with Crippen molar-refractivity contribution >= 4 is 23.8 Å². The van der Waals surface area contributed by atoms with Gasteiger partial charge in [0.1, 0.15) is 11.3 Å². The molecule has 3 aromatic rings. The van der Waals surface area contributed by atoms with Crippen molar-refractivity contribution in [1.82, 2.24) is 24.8 Å². The molecule has 40 heavy (non-hydrogen) atoms. The van der Waals surface area contributed by atoms with E-state index in [1.807, 2.05) is 6.92 Å². The Kier molecular flexibility index (Phi) is 7.61. The molecule has 2 fully saturated rings. The number of fused-ring (bicyclic) bond motifs is 1. The number of aromatic nitrogens is 3. The van der Waals surface area contributed by atoms with Gasteiger partial charge in [0.05, 0.1) is 5.69 Å². The summed E-state index contributed by atoms with van der Waals surface area (Å²) < 4.78 is 45.7. The molecule has 0 radical (unpaired) electrons. The zero-order valence-corrected chi connectivity index (χ0v) is 22.5. The number of nitrogens with one attached hydrogen (secondary N) is 1. The second kappa shape index (κ2) is 11.0. The number of nitrogens with two attached hydrogens (primary N) is 1. The SMILES string of the molecule is Cc1c(CN(C=O)C(C)C2CC2)cc(-c2ccn3nc(N)c(C(=O)NC4CCCCC4)c3n2)cc1OC(F)(F)F. The van der Waals surface area contributed by atoms with Crippen LogP contribution in [0.5, 0.6) is 5.75 Å². The molecular formula is C28H33F3N6O3. The zero-order valence-electron chi connectivity index (χ0n) is 22.5. The number of anilines is 1. The Labute approximate surface area is 229 Å². The maximum atomic E-state index is 13.3. The smallest absolute Gasteiger partial charge is 0.405 e. The molecule has 2 aliphatic carbocycles. The number of nitrogens with zero attached hydrogens (tertiary/aromatic N) is 4. The van der Waals surface area contributed by atoms with E-state index in [1.54, 1.807) is 23.2 Å². The molecule has 12 heteroatoms. The number of amides is 2. The average Bonchev–Trinajstić information content (AvgIpc) is 3.70. The number of nitrogen functional groups attached to an aromatic ring is 1. The predicted octanol–water partition coefficient (Wildman–Crippen LogP) is 5.00. The first kappa shape index (κ1) is 27.7. The van der Waals surface area contributed by atoms with Gasteiger partial charge in [0, 0.05) is 30.4 Å². The monoisotopic (exact) mass is 558 g/mol. The van der Waals surface area contributed by atoms with Gasteiger partial charge >= 0.3 is 6.36 Å². The molecular weight excluding hydrogens is 525 g/mol. The molecule has 1 aromatic carbocycles. The third kappa shape index (κ3) is 6.00. The molecule has 1 atom stereocenters. The van der Waals surface area contributed by atoms with Crippen molar-refractivity contribution in [3.63, 3.8) is 0 Å². The number of rotatable bonds is 9. The molecule has 2 heterocycles. The number of benzene rings is 1. The highest BCUT2D eigenvalue weighted by Crippen LogP contribution is 2.37. The van der Waals surface area contributed by atoms with E-state index >= 15 is 0 Å². The number of carbonyl (C=O) groups is 2. The highest BCUT2D eigenvalue weighted by atomic mass is 19.4. The third-order valence-corrected chi connectivity index (χ3v) is 7.98. The number of ether oxygens (including phenoxy) is 1. The van der Waals surface area contributed by atoms with E-state index in [0.717, 1.165) is 51.4 Å². The van der Waals surface area contributed by atoms with Gasteiger partial charge in [-0.15, -0.1) is 18.3 Å². The van der Waals surface area contributed by atoms with Crippen LogP contribution in [0.4, 0.5) is 19.0 Å². The fourth-order valence-corrected chi connectivity index (χ4v) is 5.44. The summed E-state index contributed by atoms with van der Waals surface area (Å²) in [6.45, 7) is 3.59. The minimum Gasteiger partial charge on any atom is -0.405 e. The van der Waals surface area contributed by atoms with Gasteiger partial charge in [-0.3, -0.25) is 9.59 Å². The van der Waals surface area contributed by atoms with E-state index in [-0.39, 0.29) is 52.9 Å². The largest absolute Gasteiger partial charge is 0.573 e. The number of halogens is 3. The lowest BCUT2D eigenvalue weighted by Gasteiger charge is -2.27. The number of hydrogen-bond acceptors (Lipinski definition) is 6. The van der Waals surface area contributed by atoms with Crippen LogP contribution in [-0.4, -0.2) is 50.3 Å².